The summed E-state index contributed by atoms with van der Waals surface area (Å²) in [4.78, 5) is 12.4. The van der Waals surface area contributed by atoms with E-state index in [-0.39, 0.29) is 18.0 Å². The lowest BCUT2D eigenvalue weighted by atomic mass is 9.93. The van der Waals surface area contributed by atoms with Crippen LogP contribution in [0.3, 0.4) is 0 Å². The van der Waals surface area contributed by atoms with Crippen molar-refractivity contribution in [2.24, 2.45) is 23.7 Å². The molecule has 0 aromatic rings. The largest absolute Gasteiger partial charge is 0.457 e. The third-order valence-electron chi connectivity index (χ3n) is 6.82. The second kappa shape index (κ2) is 13.3. The first kappa shape index (κ1) is 25.9. The fraction of sp³-hybridized carbons (Fsp3) is 0.750. The summed E-state index contributed by atoms with van der Waals surface area (Å²) < 4.78 is 11.8. The summed E-state index contributed by atoms with van der Waals surface area (Å²) >= 11 is 0. The van der Waals surface area contributed by atoms with Crippen LogP contribution in [0, 0.1) is 23.7 Å². The Balaban J connectivity index is 1.93. The smallest absolute Gasteiger partial charge is 0.306 e. The molecule has 0 N–H and O–H groups in total. The highest BCUT2D eigenvalue weighted by molar-refractivity contribution is 5.69. The van der Waals surface area contributed by atoms with Crippen molar-refractivity contribution in [1.82, 2.24) is 0 Å². The van der Waals surface area contributed by atoms with Crippen molar-refractivity contribution in [3.8, 4) is 0 Å². The topological polar surface area (TPSA) is 38.8 Å². The zero-order valence-electron chi connectivity index (χ0n) is 20.8. The van der Waals surface area contributed by atoms with E-state index < -0.39 is 0 Å². The molecule has 2 aliphatic heterocycles. The van der Waals surface area contributed by atoms with Crippen LogP contribution in [0.2, 0.25) is 0 Å². The van der Waals surface area contributed by atoms with Gasteiger partial charge in [0.15, 0.2) is 0 Å². The van der Waals surface area contributed by atoms with Gasteiger partial charge in [0.25, 0.3) is 0 Å². The average molecular weight is 431 g/mol. The zero-order valence-corrected chi connectivity index (χ0v) is 20.8. The van der Waals surface area contributed by atoms with Gasteiger partial charge in [-0.3, -0.25) is 4.79 Å². The Morgan fingerprint density at radius 3 is 2.77 bits per heavy atom. The molecule has 0 aromatic heterocycles. The summed E-state index contributed by atoms with van der Waals surface area (Å²) in [5.41, 5.74) is 1.11. The number of rotatable bonds is 8. The fourth-order valence-electron chi connectivity index (χ4n) is 4.73. The molecule has 0 aromatic carbocycles. The van der Waals surface area contributed by atoms with Gasteiger partial charge in [-0.05, 0) is 55.9 Å². The van der Waals surface area contributed by atoms with E-state index in [1.165, 1.54) is 19.3 Å². The average Bonchev–Trinajstić information content (AvgIpc) is 3.47. The van der Waals surface area contributed by atoms with Crippen molar-refractivity contribution in [3.05, 3.63) is 36.0 Å². The highest BCUT2D eigenvalue weighted by Crippen LogP contribution is 2.36. The third kappa shape index (κ3) is 9.35. The van der Waals surface area contributed by atoms with E-state index in [1.54, 1.807) is 0 Å². The molecule has 2 aliphatic rings. The number of hydrogen-bond donors (Lipinski definition) is 0. The summed E-state index contributed by atoms with van der Waals surface area (Å²) in [5, 5.41) is 0. The van der Waals surface area contributed by atoms with Crippen molar-refractivity contribution in [1.29, 1.82) is 0 Å². The molecule has 2 heterocycles. The number of esters is 1. The lowest BCUT2D eigenvalue weighted by Gasteiger charge is -2.24. The predicted molar refractivity (Wildman–Crippen MR) is 130 cm³/mol. The Bertz CT molecular complexity index is 632. The summed E-state index contributed by atoms with van der Waals surface area (Å²) in [7, 11) is 0. The molecule has 0 amide bonds. The third-order valence-corrected chi connectivity index (χ3v) is 6.82. The molecule has 176 valence electrons. The summed E-state index contributed by atoms with van der Waals surface area (Å²) in [6.45, 7) is 13.3. The van der Waals surface area contributed by atoms with Gasteiger partial charge in [0, 0.05) is 12.3 Å². The molecule has 2 rings (SSSR count). The summed E-state index contributed by atoms with van der Waals surface area (Å²) in [6, 6.07) is 0. The second-order valence-corrected chi connectivity index (χ2v) is 10.2. The molecule has 7 atom stereocenters. The number of epoxide rings is 1. The van der Waals surface area contributed by atoms with E-state index >= 15 is 0 Å². The first-order valence-electron chi connectivity index (χ1n) is 12.7. The molecule has 0 saturated carbocycles. The van der Waals surface area contributed by atoms with Crippen molar-refractivity contribution < 1.29 is 14.3 Å². The van der Waals surface area contributed by atoms with Crippen molar-refractivity contribution >= 4 is 5.97 Å². The van der Waals surface area contributed by atoms with E-state index in [2.05, 4.69) is 71.9 Å². The highest BCUT2D eigenvalue weighted by atomic mass is 16.6. The molecular formula is C28H46O3. The number of cyclic esters (lactones) is 1. The van der Waals surface area contributed by atoms with E-state index in [9.17, 15) is 4.79 Å². The van der Waals surface area contributed by atoms with Crippen molar-refractivity contribution in [3.63, 3.8) is 0 Å². The van der Waals surface area contributed by atoms with Crippen LogP contribution in [0.5, 0.6) is 0 Å². The van der Waals surface area contributed by atoms with Crippen LogP contribution in [0.1, 0.15) is 92.9 Å². The Morgan fingerprint density at radius 1 is 1.26 bits per heavy atom. The Labute approximate surface area is 191 Å². The minimum Gasteiger partial charge on any atom is -0.457 e. The molecule has 0 aliphatic carbocycles. The fourth-order valence-corrected chi connectivity index (χ4v) is 4.73. The molecule has 3 nitrogen and oxygen atoms in total. The van der Waals surface area contributed by atoms with E-state index in [4.69, 9.17) is 9.47 Å². The van der Waals surface area contributed by atoms with E-state index in [1.807, 2.05) is 0 Å². The molecular weight excluding hydrogens is 384 g/mol. The number of allylic oxidation sites excluding steroid dienone is 4. The molecule has 7 unspecified atom stereocenters. The van der Waals surface area contributed by atoms with Crippen LogP contribution < -0.4 is 0 Å². The zero-order chi connectivity index (χ0) is 22.8. The maximum absolute atomic E-state index is 12.4. The van der Waals surface area contributed by atoms with Crippen LogP contribution in [0.15, 0.2) is 36.0 Å². The first-order chi connectivity index (χ1) is 14.8. The SMILES string of the molecule is CCCC(C)C1OC1CC(C)C=CC=C(C)C1OC(=O)CCCCC(C)C/C=C/C1C. The van der Waals surface area contributed by atoms with E-state index in [0.29, 0.717) is 36.4 Å². The van der Waals surface area contributed by atoms with Gasteiger partial charge >= 0.3 is 5.97 Å². The Kier molecular flexibility index (Phi) is 11.1. The first-order valence-corrected chi connectivity index (χ1v) is 12.7. The van der Waals surface area contributed by atoms with Gasteiger partial charge in [-0.15, -0.1) is 0 Å². The van der Waals surface area contributed by atoms with Crippen LogP contribution in [0.25, 0.3) is 0 Å². The summed E-state index contributed by atoms with van der Waals surface area (Å²) in [6.07, 6.45) is 20.1. The number of carbonyl (C=O) groups excluding carboxylic acids is 1. The maximum atomic E-state index is 12.4. The highest BCUT2D eigenvalue weighted by Gasteiger charge is 2.42. The minimum absolute atomic E-state index is 0.0679. The van der Waals surface area contributed by atoms with Gasteiger partial charge in [0.05, 0.1) is 12.2 Å². The standard InChI is InChI=1S/C28H46O3/c1-7-12-22(4)28-25(30-28)19-21(3)15-11-17-24(6)27-23(5)16-10-14-20(2)13-8-9-18-26(29)31-27/h10-11,15-17,20-23,25,27-28H,7-9,12-14,18-19H2,1-6H3/b15-11?,16-10+,24-17?. The summed E-state index contributed by atoms with van der Waals surface area (Å²) in [5.74, 6) is 1.94. The van der Waals surface area contributed by atoms with Gasteiger partial charge in [-0.25, -0.2) is 0 Å². The number of hydrogen-bond acceptors (Lipinski definition) is 3. The lowest BCUT2D eigenvalue weighted by molar-refractivity contribution is -0.148. The monoisotopic (exact) mass is 430 g/mol. The molecule has 0 spiro atoms. The normalized spacial score (nSPS) is 33.8. The Morgan fingerprint density at radius 2 is 2.03 bits per heavy atom. The van der Waals surface area contributed by atoms with Gasteiger partial charge in [0.1, 0.15) is 6.10 Å². The van der Waals surface area contributed by atoms with Crippen LogP contribution >= 0.6 is 0 Å². The maximum Gasteiger partial charge on any atom is 0.306 e. The second-order valence-electron chi connectivity index (χ2n) is 10.2. The molecule has 3 heteroatoms. The predicted octanol–water partition coefficient (Wildman–Crippen LogP) is 7.42. The molecule has 31 heavy (non-hydrogen) atoms. The van der Waals surface area contributed by atoms with Gasteiger partial charge in [-0.1, -0.05) is 84.3 Å². The van der Waals surface area contributed by atoms with Crippen LogP contribution in [0.4, 0.5) is 0 Å². The van der Waals surface area contributed by atoms with Crippen LogP contribution in [-0.4, -0.2) is 24.3 Å². The molecule has 1 saturated heterocycles. The molecule has 0 bridgehead atoms. The van der Waals surface area contributed by atoms with Gasteiger partial charge in [-0.2, -0.15) is 0 Å². The molecule has 0 radical (unpaired) electrons. The van der Waals surface area contributed by atoms with Crippen LogP contribution in [-0.2, 0) is 14.3 Å². The quantitative estimate of drug-likeness (QED) is 0.174. The molecule has 1 fully saturated rings. The van der Waals surface area contributed by atoms with E-state index in [0.717, 1.165) is 31.3 Å². The lowest BCUT2D eigenvalue weighted by Crippen LogP contribution is -2.25. The van der Waals surface area contributed by atoms with Gasteiger partial charge < -0.3 is 9.47 Å². The Hall–Kier alpha value is -1.35. The van der Waals surface area contributed by atoms with Crippen molar-refractivity contribution in [2.45, 2.75) is 111 Å². The van der Waals surface area contributed by atoms with Crippen molar-refractivity contribution in [2.75, 3.05) is 0 Å². The minimum atomic E-state index is -0.190. The number of carbonyl (C=O) groups is 1. The van der Waals surface area contributed by atoms with Gasteiger partial charge in [0.2, 0.25) is 0 Å². The number of ether oxygens (including phenoxy) is 2.